The van der Waals surface area contributed by atoms with Crippen molar-refractivity contribution in [1.29, 1.82) is 0 Å². The standard InChI is InChI=1S/C15H14BrF2NO/c1-19-15(14-12(17)4-3-5-13(14)18)10-8-9(20-2)6-7-11(10)16/h3-8,15,19H,1-2H3. The van der Waals surface area contributed by atoms with Crippen molar-refractivity contribution >= 4 is 15.9 Å². The summed E-state index contributed by atoms with van der Waals surface area (Å²) in [6, 6.07) is 8.54. The molecule has 2 aromatic rings. The molecule has 0 aliphatic heterocycles. The molecule has 0 radical (unpaired) electrons. The van der Waals surface area contributed by atoms with E-state index in [2.05, 4.69) is 21.2 Å². The normalized spacial score (nSPS) is 12.2. The van der Waals surface area contributed by atoms with E-state index in [4.69, 9.17) is 4.74 Å². The monoisotopic (exact) mass is 341 g/mol. The van der Waals surface area contributed by atoms with E-state index < -0.39 is 17.7 Å². The molecule has 106 valence electrons. The van der Waals surface area contributed by atoms with Gasteiger partial charge < -0.3 is 10.1 Å². The smallest absolute Gasteiger partial charge is 0.131 e. The first-order valence-corrected chi connectivity index (χ1v) is 6.82. The topological polar surface area (TPSA) is 21.3 Å². The summed E-state index contributed by atoms with van der Waals surface area (Å²) in [6.07, 6.45) is 0. The van der Waals surface area contributed by atoms with Crippen molar-refractivity contribution in [3.8, 4) is 5.75 Å². The van der Waals surface area contributed by atoms with Crippen LogP contribution < -0.4 is 10.1 Å². The van der Waals surface area contributed by atoms with Gasteiger partial charge in [0.25, 0.3) is 0 Å². The van der Waals surface area contributed by atoms with Crippen molar-refractivity contribution in [2.45, 2.75) is 6.04 Å². The summed E-state index contributed by atoms with van der Waals surface area (Å²) in [6.45, 7) is 0. The summed E-state index contributed by atoms with van der Waals surface area (Å²) in [5.74, 6) is -0.543. The van der Waals surface area contributed by atoms with Gasteiger partial charge in [0, 0.05) is 10.0 Å². The number of methoxy groups -OCH3 is 1. The predicted molar refractivity (Wildman–Crippen MR) is 78.0 cm³/mol. The lowest BCUT2D eigenvalue weighted by Crippen LogP contribution is -2.21. The van der Waals surface area contributed by atoms with Crippen molar-refractivity contribution in [1.82, 2.24) is 5.32 Å². The van der Waals surface area contributed by atoms with Gasteiger partial charge in [-0.3, -0.25) is 0 Å². The van der Waals surface area contributed by atoms with Crippen LogP contribution in [0.2, 0.25) is 0 Å². The van der Waals surface area contributed by atoms with Gasteiger partial charge >= 0.3 is 0 Å². The van der Waals surface area contributed by atoms with Gasteiger partial charge in [-0.2, -0.15) is 0 Å². The fraction of sp³-hybridized carbons (Fsp3) is 0.200. The molecule has 0 bridgehead atoms. The number of halogens is 3. The Hall–Kier alpha value is -1.46. The zero-order chi connectivity index (χ0) is 14.7. The van der Waals surface area contributed by atoms with Gasteiger partial charge in [0.2, 0.25) is 0 Å². The Morgan fingerprint density at radius 3 is 2.35 bits per heavy atom. The van der Waals surface area contributed by atoms with Gasteiger partial charge in [0.05, 0.1) is 13.2 Å². The highest BCUT2D eigenvalue weighted by atomic mass is 79.9. The minimum absolute atomic E-state index is 0.0102. The Balaban J connectivity index is 2.58. The number of hydrogen-bond acceptors (Lipinski definition) is 2. The zero-order valence-corrected chi connectivity index (χ0v) is 12.7. The van der Waals surface area contributed by atoms with E-state index in [1.165, 1.54) is 18.2 Å². The fourth-order valence-corrected chi connectivity index (χ4v) is 2.59. The quantitative estimate of drug-likeness (QED) is 0.905. The molecule has 20 heavy (non-hydrogen) atoms. The molecule has 0 saturated carbocycles. The van der Waals surface area contributed by atoms with Crippen LogP contribution in [0.4, 0.5) is 8.78 Å². The number of hydrogen-bond donors (Lipinski definition) is 1. The predicted octanol–water partition coefficient (Wildman–Crippen LogP) is 4.04. The van der Waals surface area contributed by atoms with Crippen LogP contribution in [0.3, 0.4) is 0 Å². The van der Waals surface area contributed by atoms with Gasteiger partial charge in [0.15, 0.2) is 0 Å². The Labute approximate surface area is 124 Å². The summed E-state index contributed by atoms with van der Waals surface area (Å²) in [5, 5.41) is 2.94. The van der Waals surface area contributed by atoms with Crippen LogP contribution in [0, 0.1) is 11.6 Å². The van der Waals surface area contributed by atoms with Crippen LogP contribution >= 0.6 is 15.9 Å². The van der Waals surface area contributed by atoms with E-state index in [0.717, 1.165) is 4.47 Å². The number of benzene rings is 2. The van der Waals surface area contributed by atoms with Gasteiger partial charge in [-0.25, -0.2) is 8.78 Å². The third-order valence-electron chi connectivity index (χ3n) is 3.09. The van der Waals surface area contributed by atoms with Crippen LogP contribution in [-0.2, 0) is 0 Å². The Kier molecular flexibility index (Phi) is 4.73. The van der Waals surface area contributed by atoms with Crippen LogP contribution in [0.15, 0.2) is 40.9 Å². The third-order valence-corrected chi connectivity index (χ3v) is 3.81. The van der Waals surface area contributed by atoms with Crippen LogP contribution in [0.1, 0.15) is 17.2 Å². The summed E-state index contributed by atoms with van der Waals surface area (Å²) in [5.41, 5.74) is 0.694. The lowest BCUT2D eigenvalue weighted by molar-refractivity contribution is 0.413. The second kappa shape index (κ2) is 6.33. The van der Waals surface area contributed by atoms with Crippen LogP contribution in [-0.4, -0.2) is 14.2 Å². The van der Waals surface area contributed by atoms with Crippen molar-refractivity contribution in [2.24, 2.45) is 0 Å². The molecule has 0 aliphatic rings. The maximum Gasteiger partial charge on any atom is 0.131 e. The van der Waals surface area contributed by atoms with Crippen molar-refractivity contribution < 1.29 is 13.5 Å². The summed E-state index contributed by atoms with van der Waals surface area (Å²) < 4.78 is 33.8. The van der Waals surface area contributed by atoms with E-state index in [1.807, 2.05) is 0 Å². The van der Waals surface area contributed by atoms with E-state index >= 15 is 0 Å². The van der Waals surface area contributed by atoms with Crippen molar-refractivity contribution in [3.05, 3.63) is 63.6 Å². The molecule has 2 aromatic carbocycles. The number of rotatable bonds is 4. The Morgan fingerprint density at radius 2 is 1.80 bits per heavy atom. The third kappa shape index (κ3) is 2.83. The van der Waals surface area contributed by atoms with E-state index in [0.29, 0.717) is 11.3 Å². The molecule has 1 N–H and O–H groups in total. The SMILES string of the molecule is CNC(c1cc(OC)ccc1Br)c1c(F)cccc1F. The summed E-state index contributed by atoms with van der Waals surface area (Å²) in [4.78, 5) is 0. The van der Waals surface area contributed by atoms with E-state index in [9.17, 15) is 8.78 Å². The van der Waals surface area contributed by atoms with E-state index in [1.54, 1.807) is 32.4 Å². The largest absolute Gasteiger partial charge is 0.497 e. The first kappa shape index (κ1) is 14.9. The molecular weight excluding hydrogens is 328 g/mol. The highest BCUT2D eigenvalue weighted by Gasteiger charge is 2.22. The zero-order valence-electron chi connectivity index (χ0n) is 11.1. The van der Waals surface area contributed by atoms with Crippen molar-refractivity contribution in [3.63, 3.8) is 0 Å². The molecular formula is C15H14BrF2NO. The molecule has 0 fully saturated rings. The molecule has 0 heterocycles. The van der Waals surface area contributed by atoms with Gasteiger partial charge in [0.1, 0.15) is 17.4 Å². The molecule has 0 aromatic heterocycles. The minimum atomic E-state index is -0.610. The minimum Gasteiger partial charge on any atom is -0.497 e. The first-order valence-electron chi connectivity index (χ1n) is 6.03. The lowest BCUT2D eigenvalue weighted by Gasteiger charge is -2.20. The number of nitrogens with one attached hydrogen (secondary N) is 1. The second-order valence-electron chi connectivity index (χ2n) is 4.24. The number of ether oxygens (including phenoxy) is 1. The Bertz CT molecular complexity index is 599. The summed E-state index contributed by atoms with van der Waals surface area (Å²) >= 11 is 3.41. The highest BCUT2D eigenvalue weighted by Crippen LogP contribution is 2.33. The molecule has 2 nitrogen and oxygen atoms in total. The Morgan fingerprint density at radius 1 is 1.15 bits per heavy atom. The molecule has 0 spiro atoms. The lowest BCUT2D eigenvalue weighted by atomic mass is 9.97. The maximum atomic E-state index is 14.0. The summed E-state index contributed by atoms with van der Waals surface area (Å²) in [7, 11) is 3.20. The van der Waals surface area contributed by atoms with E-state index in [-0.39, 0.29) is 5.56 Å². The van der Waals surface area contributed by atoms with Crippen LogP contribution in [0.5, 0.6) is 5.75 Å². The molecule has 0 amide bonds. The molecule has 2 rings (SSSR count). The fourth-order valence-electron chi connectivity index (χ4n) is 2.11. The van der Waals surface area contributed by atoms with Gasteiger partial charge in [-0.15, -0.1) is 0 Å². The molecule has 1 unspecified atom stereocenters. The highest BCUT2D eigenvalue weighted by molar-refractivity contribution is 9.10. The molecule has 5 heteroatoms. The molecule has 1 atom stereocenters. The molecule has 0 aliphatic carbocycles. The van der Waals surface area contributed by atoms with Gasteiger partial charge in [-0.05, 0) is 42.9 Å². The average molecular weight is 342 g/mol. The van der Waals surface area contributed by atoms with Crippen LogP contribution in [0.25, 0.3) is 0 Å². The average Bonchev–Trinajstić information content (AvgIpc) is 2.44. The molecule has 0 saturated heterocycles. The van der Waals surface area contributed by atoms with Gasteiger partial charge in [-0.1, -0.05) is 22.0 Å². The van der Waals surface area contributed by atoms with Crippen molar-refractivity contribution in [2.75, 3.05) is 14.2 Å². The second-order valence-corrected chi connectivity index (χ2v) is 5.10. The maximum absolute atomic E-state index is 14.0. The first-order chi connectivity index (χ1) is 9.58.